The third-order valence-corrected chi connectivity index (χ3v) is 4.28. The lowest BCUT2D eigenvalue weighted by atomic mass is 9.96. The van der Waals surface area contributed by atoms with Crippen molar-refractivity contribution in [3.63, 3.8) is 0 Å². The zero-order valence-electron chi connectivity index (χ0n) is 12.1. The Morgan fingerprint density at radius 2 is 2.00 bits per heavy atom. The van der Waals surface area contributed by atoms with Gasteiger partial charge in [0, 0.05) is 16.6 Å². The van der Waals surface area contributed by atoms with Gasteiger partial charge < -0.3 is 5.73 Å². The summed E-state index contributed by atoms with van der Waals surface area (Å²) >= 11 is 5.85. The average Bonchev–Trinajstić information content (AvgIpc) is 2.89. The van der Waals surface area contributed by atoms with Crippen LogP contribution < -0.4 is 5.73 Å². The van der Waals surface area contributed by atoms with E-state index in [1.807, 2.05) is 0 Å². The Bertz CT molecular complexity index is 836. The standard InChI is InChI=1S/C16H11ClF4N2O/c17-7-5-11-8(12(18)6-7)1-2-9(11)13-4-3-10(15(22)24)14(23-13)16(19,20)21/h3-6,9H,1-2H2,(H2,22,24)/t9-/m1/s1. The molecule has 126 valence electrons. The number of pyridine rings is 1. The first-order valence-electron chi connectivity index (χ1n) is 7.04. The number of halogens is 5. The van der Waals surface area contributed by atoms with Crippen LogP contribution in [0, 0.1) is 5.82 Å². The fraction of sp³-hybridized carbons (Fsp3) is 0.250. The maximum Gasteiger partial charge on any atom is 0.434 e. The van der Waals surface area contributed by atoms with Crippen molar-refractivity contribution in [1.29, 1.82) is 0 Å². The molecule has 0 aliphatic heterocycles. The van der Waals surface area contributed by atoms with E-state index in [0.29, 0.717) is 24.0 Å². The molecule has 24 heavy (non-hydrogen) atoms. The SMILES string of the molecule is NC(=O)c1ccc([C@@H]2CCc3c(F)cc(Cl)cc32)nc1C(F)(F)F. The topological polar surface area (TPSA) is 56.0 Å². The lowest BCUT2D eigenvalue weighted by Gasteiger charge is -2.16. The molecule has 0 saturated carbocycles. The molecule has 1 heterocycles. The van der Waals surface area contributed by atoms with Gasteiger partial charge >= 0.3 is 6.18 Å². The number of benzene rings is 1. The molecule has 0 radical (unpaired) electrons. The zero-order chi connectivity index (χ0) is 17.6. The van der Waals surface area contributed by atoms with Gasteiger partial charge in [0.15, 0.2) is 5.69 Å². The van der Waals surface area contributed by atoms with Crippen LogP contribution >= 0.6 is 11.6 Å². The number of hydrogen-bond acceptors (Lipinski definition) is 2. The summed E-state index contributed by atoms with van der Waals surface area (Å²) in [5.74, 6) is -2.21. The maximum atomic E-state index is 13.9. The Morgan fingerprint density at radius 1 is 1.29 bits per heavy atom. The monoisotopic (exact) mass is 358 g/mol. The summed E-state index contributed by atoms with van der Waals surface area (Å²) in [7, 11) is 0. The maximum absolute atomic E-state index is 13.9. The van der Waals surface area contributed by atoms with E-state index in [-0.39, 0.29) is 10.7 Å². The normalized spacial score (nSPS) is 17.0. The van der Waals surface area contributed by atoms with Crippen molar-refractivity contribution < 1.29 is 22.4 Å². The largest absolute Gasteiger partial charge is 0.434 e. The highest BCUT2D eigenvalue weighted by molar-refractivity contribution is 6.30. The molecule has 0 spiro atoms. The third kappa shape index (κ3) is 2.84. The predicted octanol–water partition coefficient (Wildman–Crippen LogP) is 4.07. The number of carbonyl (C=O) groups excluding carboxylic acids is 1. The first kappa shape index (κ1) is 16.7. The highest BCUT2D eigenvalue weighted by Crippen LogP contribution is 2.41. The molecule has 1 atom stereocenters. The van der Waals surface area contributed by atoms with Crippen molar-refractivity contribution in [2.24, 2.45) is 5.73 Å². The van der Waals surface area contributed by atoms with Crippen LogP contribution in [0.4, 0.5) is 17.6 Å². The van der Waals surface area contributed by atoms with Crippen molar-refractivity contribution in [3.05, 3.63) is 63.2 Å². The number of aromatic nitrogens is 1. The second-order valence-electron chi connectivity index (χ2n) is 5.54. The van der Waals surface area contributed by atoms with Crippen molar-refractivity contribution in [3.8, 4) is 0 Å². The number of fused-ring (bicyclic) bond motifs is 1. The molecule has 0 fully saturated rings. The number of hydrogen-bond donors (Lipinski definition) is 1. The van der Waals surface area contributed by atoms with E-state index in [2.05, 4.69) is 4.98 Å². The lowest BCUT2D eigenvalue weighted by molar-refractivity contribution is -0.141. The van der Waals surface area contributed by atoms with E-state index in [1.54, 1.807) is 0 Å². The van der Waals surface area contributed by atoms with Gasteiger partial charge in [0.2, 0.25) is 0 Å². The van der Waals surface area contributed by atoms with Crippen molar-refractivity contribution in [2.75, 3.05) is 0 Å². The lowest BCUT2D eigenvalue weighted by Crippen LogP contribution is -2.21. The third-order valence-electron chi connectivity index (χ3n) is 4.06. The van der Waals surface area contributed by atoms with Crippen LogP contribution in [0.25, 0.3) is 0 Å². The first-order valence-corrected chi connectivity index (χ1v) is 7.42. The molecule has 2 N–H and O–H groups in total. The highest BCUT2D eigenvalue weighted by atomic mass is 35.5. The molecular weight excluding hydrogens is 348 g/mol. The first-order chi connectivity index (χ1) is 11.2. The average molecular weight is 359 g/mol. The highest BCUT2D eigenvalue weighted by Gasteiger charge is 2.38. The van der Waals surface area contributed by atoms with Gasteiger partial charge in [-0.25, -0.2) is 9.37 Å². The van der Waals surface area contributed by atoms with Gasteiger partial charge in [-0.3, -0.25) is 4.79 Å². The fourth-order valence-corrected chi connectivity index (χ4v) is 3.25. The number of nitrogens with two attached hydrogens (primary N) is 1. The Balaban J connectivity index is 2.12. The second kappa shape index (κ2) is 5.73. The summed E-state index contributed by atoms with van der Waals surface area (Å²) < 4.78 is 53.4. The number of primary amides is 1. The Kier molecular flexibility index (Phi) is 3.99. The molecule has 1 aromatic carbocycles. The van der Waals surface area contributed by atoms with Crippen molar-refractivity contribution in [2.45, 2.75) is 24.9 Å². The Hall–Kier alpha value is -2.15. The second-order valence-corrected chi connectivity index (χ2v) is 5.98. The fourth-order valence-electron chi connectivity index (χ4n) is 3.03. The van der Waals surface area contributed by atoms with E-state index in [9.17, 15) is 22.4 Å². The van der Waals surface area contributed by atoms with Gasteiger partial charge in [-0.2, -0.15) is 13.2 Å². The molecule has 0 unspecified atom stereocenters. The number of carbonyl (C=O) groups is 1. The summed E-state index contributed by atoms with van der Waals surface area (Å²) in [6.45, 7) is 0. The van der Waals surface area contributed by atoms with Gasteiger partial charge in [-0.1, -0.05) is 11.6 Å². The van der Waals surface area contributed by atoms with Crippen LogP contribution in [0.2, 0.25) is 5.02 Å². The van der Waals surface area contributed by atoms with Crippen LogP contribution in [0.1, 0.15) is 45.2 Å². The van der Waals surface area contributed by atoms with Crippen molar-refractivity contribution >= 4 is 17.5 Å². The summed E-state index contributed by atoms with van der Waals surface area (Å²) in [6.07, 6.45) is -4.03. The number of alkyl halides is 3. The Labute approximate surface area is 139 Å². The van der Waals surface area contributed by atoms with E-state index >= 15 is 0 Å². The molecular formula is C16H11ClF4N2O. The molecule has 8 heteroatoms. The molecule has 1 aliphatic carbocycles. The van der Waals surface area contributed by atoms with Crippen LogP contribution in [-0.2, 0) is 12.6 Å². The minimum atomic E-state index is -4.82. The smallest absolute Gasteiger partial charge is 0.366 e. The summed E-state index contributed by atoms with van der Waals surface area (Å²) in [6, 6.07) is 5.03. The van der Waals surface area contributed by atoms with Gasteiger partial charge in [0.05, 0.1) is 5.56 Å². The van der Waals surface area contributed by atoms with E-state index in [0.717, 1.165) is 6.07 Å². The van der Waals surface area contributed by atoms with Crippen molar-refractivity contribution in [1.82, 2.24) is 4.98 Å². The van der Waals surface area contributed by atoms with E-state index in [4.69, 9.17) is 17.3 Å². The van der Waals surface area contributed by atoms with E-state index in [1.165, 1.54) is 18.2 Å². The predicted molar refractivity (Wildman–Crippen MR) is 79.3 cm³/mol. The molecule has 1 amide bonds. The molecule has 3 rings (SSSR count). The van der Waals surface area contributed by atoms with Crippen LogP contribution in [0.5, 0.6) is 0 Å². The summed E-state index contributed by atoms with van der Waals surface area (Å²) in [5.41, 5.74) is 4.02. The zero-order valence-corrected chi connectivity index (χ0v) is 12.9. The minimum Gasteiger partial charge on any atom is -0.366 e. The number of rotatable bonds is 2. The Morgan fingerprint density at radius 3 is 2.62 bits per heavy atom. The summed E-state index contributed by atoms with van der Waals surface area (Å²) in [5, 5.41) is 0.169. The number of amides is 1. The molecule has 1 aromatic heterocycles. The van der Waals surface area contributed by atoms with Gasteiger partial charge in [-0.05, 0) is 48.2 Å². The quantitative estimate of drug-likeness (QED) is 0.823. The molecule has 0 bridgehead atoms. The minimum absolute atomic E-state index is 0.104. The van der Waals surface area contributed by atoms with Gasteiger partial charge in [0.1, 0.15) is 5.82 Å². The molecule has 0 saturated heterocycles. The van der Waals surface area contributed by atoms with Crippen LogP contribution in [0.15, 0.2) is 24.3 Å². The summed E-state index contributed by atoms with van der Waals surface area (Å²) in [4.78, 5) is 14.8. The number of nitrogens with zero attached hydrogens (tertiary/aromatic N) is 1. The van der Waals surface area contributed by atoms with Crippen LogP contribution in [0.3, 0.4) is 0 Å². The molecule has 1 aliphatic rings. The van der Waals surface area contributed by atoms with E-state index < -0.39 is 35.1 Å². The van der Waals surface area contributed by atoms with Gasteiger partial charge in [0.25, 0.3) is 5.91 Å². The molecule has 2 aromatic rings. The van der Waals surface area contributed by atoms with Gasteiger partial charge in [-0.15, -0.1) is 0 Å². The molecule has 3 nitrogen and oxygen atoms in total. The van der Waals surface area contributed by atoms with Crippen LogP contribution in [-0.4, -0.2) is 10.9 Å².